The summed E-state index contributed by atoms with van der Waals surface area (Å²) in [7, 11) is -1.77. The maximum absolute atomic E-state index is 12.6. The summed E-state index contributed by atoms with van der Waals surface area (Å²) >= 11 is 0. The van der Waals surface area contributed by atoms with Crippen molar-refractivity contribution in [1.82, 2.24) is 9.80 Å². The number of carbonyl (C=O) groups is 1. The van der Waals surface area contributed by atoms with Crippen LogP contribution < -0.4 is 5.14 Å². The zero-order valence-electron chi connectivity index (χ0n) is 15.3. The minimum Gasteiger partial charge on any atom is -0.457 e. The van der Waals surface area contributed by atoms with Crippen molar-refractivity contribution in [2.45, 2.75) is 4.90 Å². The standard InChI is InChI=1S/C19H20N4O4S/c1-22-8-10-23(11-9-22)19(24)15(13-20)12-16-4-7-18(27-16)14-2-5-17(6-3-14)28(21,25)26/h2-7,12H,8-11H2,1H3,(H2,21,25,26)/b15-12+. The van der Waals surface area contributed by atoms with Gasteiger partial charge in [0.25, 0.3) is 5.91 Å². The van der Waals surface area contributed by atoms with Crippen LogP contribution in [-0.4, -0.2) is 57.4 Å². The highest BCUT2D eigenvalue weighted by Crippen LogP contribution is 2.25. The first-order valence-corrected chi connectivity index (χ1v) is 10.2. The second kappa shape index (κ2) is 7.98. The van der Waals surface area contributed by atoms with Crippen LogP contribution in [0.1, 0.15) is 5.76 Å². The maximum atomic E-state index is 12.6. The zero-order chi connectivity index (χ0) is 20.3. The number of nitriles is 1. The molecule has 1 aromatic carbocycles. The summed E-state index contributed by atoms with van der Waals surface area (Å²) in [5.74, 6) is 0.534. The summed E-state index contributed by atoms with van der Waals surface area (Å²) in [6.07, 6.45) is 1.42. The van der Waals surface area contributed by atoms with E-state index in [0.717, 1.165) is 13.1 Å². The number of hydrogen-bond donors (Lipinski definition) is 1. The van der Waals surface area contributed by atoms with Crippen molar-refractivity contribution >= 4 is 22.0 Å². The molecule has 2 aromatic rings. The van der Waals surface area contributed by atoms with Gasteiger partial charge >= 0.3 is 0 Å². The Morgan fingerprint density at radius 3 is 2.36 bits per heavy atom. The molecule has 1 aliphatic rings. The number of carbonyl (C=O) groups excluding carboxylic acids is 1. The highest BCUT2D eigenvalue weighted by atomic mass is 32.2. The van der Waals surface area contributed by atoms with Crippen LogP contribution in [0.5, 0.6) is 0 Å². The van der Waals surface area contributed by atoms with Gasteiger partial charge in [0.05, 0.1) is 4.90 Å². The van der Waals surface area contributed by atoms with Crippen LogP contribution in [0.2, 0.25) is 0 Å². The lowest BCUT2D eigenvalue weighted by Crippen LogP contribution is -2.47. The number of amides is 1. The molecule has 0 bridgehead atoms. The predicted molar refractivity (Wildman–Crippen MR) is 103 cm³/mol. The summed E-state index contributed by atoms with van der Waals surface area (Å²) in [6.45, 7) is 2.69. The zero-order valence-corrected chi connectivity index (χ0v) is 16.1. The van der Waals surface area contributed by atoms with Gasteiger partial charge in [-0.2, -0.15) is 5.26 Å². The van der Waals surface area contributed by atoms with Gasteiger partial charge < -0.3 is 14.2 Å². The second-order valence-corrected chi connectivity index (χ2v) is 8.10. The molecule has 9 heteroatoms. The van der Waals surface area contributed by atoms with Crippen LogP contribution in [0.4, 0.5) is 0 Å². The largest absolute Gasteiger partial charge is 0.457 e. The average Bonchev–Trinajstić information content (AvgIpc) is 3.14. The molecule has 0 spiro atoms. The fourth-order valence-corrected chi connectivity index (χ4v) is 3.37. The SMILES string of the molecule is CN1CCN(C(=O)/C(C#N)=C/c2ccc(-c3ccc(S(N)(=O)=O)cc3)o2)CC1. The molecule has 3 rings (SSSR count). The number of nitrogens with zero attached hydrogens (tertiary/aromatic N) is 3. The highest BCUT2D eigenvalue weighted by Gasteiger charge is 2.22. The molecule has 28 heavy (non-hydrogen) atoms. The van der Waals surface area contributed by atoms with Crippen LogP contribution in [0, 0.1) is 11.3 Å². The average molecular weight is 400 g/mol. The van der Waals surface area contributed by atoms with Crippen LogP contribution in [0.15, 0.2) is 51.3 Å². The molecule has 1 amide bonds. The van der Waals surface area contributed by atoms with Crippen LogP contribution in [-0.2, 0) is 14.8 Å². The van der Waals surface area contributed by atoms with Crippen molar-refractivity contribution in [2.24, 2.45) is 5.14 Å². The lowest BCUT2D eigenvalue weighted by Gasteiger charge is -2.32. The van der Waals surface area contributed by atoms with Crippen LogP contribution in [0.3, 0.4) is 0 Å². The molecule has 0 saturated carbocycles. The topological polar surface area (TPSA) is 121 Å². The Hall–Kier alpha value is -2.93. The summed E-state index contributed by atoms with van der Waals surface area (Å²) in [5.41, 5.74) is 0.658. The third kappa shape index (κ3) is 4.48. The van der Waals surface area contributed by atoms with Crippen molar-refractivity contribution in [2.75, 3.05) is 33.2 Å². The van der Waals surface area contributed by atoms with E-state index in [1.807, 2.05) is 13.1 Å². The van der Waals surface area contributed by atoms with E-state index in [2.05, 4.69) is 4.90 Å². The van der Waals surface area contributed by atoms with Crippen molar-refractivity contribution in [3.63, 3.8) is 0 Å². The molecule has 0 unspecified atom stereocenters. The summed E-state index contributed by atoms with van der Waals surface area (Å²) < 4.78 is 28.4. The minimum absolute atomic E-state index is 0.00691. The van der Waals surface area contributed by atoms with Gasteiger partial charge in [-0.25, -0.2) is 13.6 Å². The third-order valence-electron chi connectivity index (χ3n) is 4.52. The Bertz CT molecular complexity index is 1040. The first-order chi connectivity index (χ1) is 13.3. The van der Waals surface area contributed by atoms with E-state index in [4.69, 9.17) is 9.56 Å². The monoisotopic (exact) mass is 400 g/mol. The number of piperazine rings is 1. The van der Waals surface area contributed by atoms with E-state index in [-0.39, 0.29) is 16.4 Å². The van der Waals surface area contributed by atoms with Crippen LogP contribution >= 0.6 is 0 Å². The van der Waals surface area contributed by atoms with Gasteiger partial charge in [0.15, 0.2) is 0 Å². The molecule has 1 aromatic heterocycles. The van der Waals surface area contributed by atoms with Crippen LogP contribution in [0.25, 0.3) is 17.4 Å². The molecule has 2 heterocycles. The maximum Gasteiger partial charge on any atom is 0.264 e. The van der Waals surface area contributed by atoms with E-state index >= 15 is 0 Å². The smallest absolute Gasteiger partial charge is 0.264 e. The van der Waals surface area contributed by atoms with Gasteiger partial charge in [0.1, 0.15) is 23.2 Å². The Balaban J connectivity index is 1.78. The lowest BCUT2D eigenvalue weighted by atomic mass is 10.2. The number of furan rings is 1. The van der Waals surface area contributed by atoms with Crippen molar-refractivity contribution in [3.8, 4) is 17.4 Å². The van der Waals surface area contributed by atoms with Gasteiger partial charge in [-0.05, 0) is 43.4 Å². The molecular weight excluding hydrogens is 380 g/mol. The number of benzene rings is 1. The Morgan fingerprint density at radius 2 is 1.79 bits per heavy atom. The molecule has 1 aliphatic heterocycles. The fraction of sp³-hybridized carbons (Fsp3) is 0.263. The number of rotatable bonds is 4. The number of hydrogen-bond acceptors (Lipinski definition) is 6. The minimum atomic E-state index is -3.76. The number of sulfonamides is 1. The highest BCUT2D eigenvalue weighted by molar-refractivity contribution is 7.89. The number of likely N-dealkylation sites (N-methyl/N-ethyl adjacent to an activating group) is 1. The van der Waals surface area contributed by atoms with Crippen molar-refractivity contribution in [1.29, 1.82) is 5.26 Å². The van der Waals surface area contributed by atoms with Gasteiger partial charge in [0, 0.05) is 37.8 Å². The molecule has 8 nitrogen and oxygen atoms in total. The molecule has 1 saturated heterocycles. The Kier molecular flexibility index (Phi) is 5.65. The van der Waals surface area contributed by atoms with E-state index in [1.54, 1.807) is 29.2 Å². The molecule has 0 aliphatic carbocycles. The van der Waals surface area contributed by atoms with E-state index in [9.17, 15) is 18.5 Å². The Morgan fingerprint density at radius 1 is 1.14 bits per heavy atom. The lowest BCUT2D eigenvalue weighted by molar-refractivity contribution is -0.128. The number of nitrogens with two attached hydrogens (primary N) is 1. The fourth-order valence-electron chi connectivity index (χ4n) is 2.86. The first-order valence-electron chi connectivity index (χ1n) is 8.60. The first kappa shape index (κ1) is 19.8. The molecule has 1 fully saturated rings. The summed E-state index contributed by atoms with van der Waals surface area (Å²) in [5, 5.41) is 14.5. The van der Waals surface area contributed by atoms with Gasteiger partial charge in [-0.1, -0.05) is 0 Å². The van der Waals surface area contributed by atoms with Gasteiger partial charge in [-0.15, -0.1) is 0 Å². The second-order valence-electron chi connectivity index (χ2n) is 6.54. The predicted octanol–water partition coefficient (Wildman–Crippen LogP) is 1.27. The van der Waals surface area contributed by atoms with E-state index in [1.165, 1.54) is 18.2 Å². The molecule has 2 N–H and O–H groups in total. The quantitative estimate of drug-likeness (QED) is 0.609. The summed E-state index contributed by atoms with van der Waals surface area (Å²) in [6, 6.07) is 11.2. The van der Waals surface area contributed by atoms with Gasteiger partial charge in [0.2, 0.25) is 10.0 Å². The molecule has 0 atom stereocenters. The van der Waals surface area contributed by atoms with Crippen molar-refractivity contribution < 1.29 is 17.6 Å². The van der Waals surface area contributed by atoms with E-state index in [0.29, 0.717) is 30.2 Å². The number of primary sulfonamides is 1. The molecule has 146 valence electrons. The Labute approximate surface area is 163 Å². The van der Waals surface area contributed by atoms with Gasteiger partial charge in [-0.3, -0.25) is 4.79 Å². The van der Waals surface area contributed by atoms with E-state index < -0.39 is 10.0 Å². The van der Waals surface area contributed by atoms with Crippen molar-refractivity contribution in [3.05, 3.63) is 47.7 Å². The third-order valence-corrected chi connectivity index (χ3v) is 5.45. The molecule has 0 radical (unpaired) electrons. The summed E-state index contributed by atoms with van der Waals surface area (Å²) in [4.78, 5) is 16.3. The normalized spacial score (nSPS) is 16.0. The molecular formula is C19H20N4O4S.